The van der Waals surface area contributed by atoms with Crippen LogP contribution in [0.3, 0.4) is 0 Å². The maximum absolute atomic E-state index is 13.4. The molecule has 0 saturated heterocycles. The van der Waals surface area contributed by atoms with Crippen molar-refractivity contribution in [1.29, 1.82) is 0 Å². The van der Waals surface area contributed by atoms with E-state index in [1.54, 1.807) is 11.8 Å². The zero-order valence-electron chi connectivity index (χ0n) is 18.3. The van der Waals surface area contributed by atoms with Crippen LogP contribution >= 0.6 is 15.9 Å². The molecule has 3 aromatic rings. The normalized spacial score (nSPS) is 11.2. The summed E-state index contributed by atoms with van der Waals surface area (Å²) >= 11 is 3.59. The molecule has 5 heteroatoms. The van der Waals surface area contributed by atoms with Crippen LogP contribution in [-0.4, -0.2) is 18.5 Å². The number of benzene rings is 3. The van der Waals surface area contributed by atoms with E-state index in [9.17, 15) is 9.59 Å². The lowest BCUT2D eigenvalue weighted by atomic mass is 10.1. The fraction of sp³-hybridized carbons (Fsp3) is 0.185. The van der Waals surface area contributed by atoms with Gasteiger partial charge in [-0.05, 0) is 60.9 Å². The van der Waals surface area contributed by atoms with Gasteiger partial charge in [0.1, 0.15) is 0 Å². The summed E-state index contributed by atoms with van der Waals surface area (Å²) in [6.07, 6.45) is 2.42. The maximum atomic E-state index is 13.4. The number of nitrogens with zero attached hydrogens (tertiary/aromatic N) is 1. The van der Waals surface area contributed by atoms with Crippen molar-refractivity contribution in [2.45, 2.75) is 26.8 Å². The molecule has 0 aliphatic carbocycles. The van der Waals surface area contributed by atoms with Crippen molar-refractivity contribution in [2.24, 2.45) is 0 Å². The quantitative estimate of drug-likeness (QED) is 0.261. The molecule has 0 N–H and O–H groups in total. The number of amides is 1. The molecule has 3 rings (SSSR count). The number of esters is 1. The van der Waals surface area contributed by atoms with Crippen LogP contribution in [-0.2, 0) is 16.1 Å². The summed E-state index contributed by atoms with van der Waals surface area (Å²) in [6, 6.07) is 24.8. The van der Waals surface area contributed by atoms with Gasteiger partial charge in [-0.25, -0.2) is 4.79 Å². The minimum absolute atomic E-state index is 0.0783. The molecule has 0 heterocycles. The summed E-state index contributed by atoms with van der Waals surface area (Å²) in [5.74, 6) is -0.376. The van der Waals surface area contributed by atoms with Crippen molar-refractivity contribution < 1.29 is 14.3 Å². The Morgan fingerprint density at radius 1 is 0.906 bits per heavy atom. The molecule has 0 fully saturated rings. The third kappa shape index (κ3) is 5.95. The Labute approximate surface area is 197 Å². The standard InChI is InChI=1S/C27H26BrNO3/c1-3-21(27(31)32-4-2)18-20-14-16-24(17-15-20)29(19-23-12-8-9-13-25(23)28)26(30)22-10-6-5-7-11-22/h5-18H,3-4,19H2,1-2H3/b21-18+. The van der Waals surface area contributed by atoms with E-state index in [0.717, 1.165) is 21.3 Å². The van der Waals surface area contributed by atoms with Crippen LogP contribution in [0, 0.1) is 0 Å². The van der Waals surface area contributed by atoms with Gasteiger partial charge in [0, 0.05) is 21.3 Å². The molecule has 32 heavy (non-hydrogen) atoms. The Morgan fingerprint density at radius 2 is 1.56 bits per heavy atom. The third-order valence-corrected chi connectivity index (χ3v) is 5.79. The summed E-state index contributed by atoms with van der Waals surface area (Å²) in [5, 5.41) is 0. The summed E-state index contributed by atoms with van der Waals surface area (Å²) in [7, 11) is 0. The van der Waals surface area contributed by atoms with Gasteiger partial charge in [-0.15, -0.1) is 0 Å². The van der Waals surface area contributed by atoms with Gasteiger partial charge in [0.2, 0.25) is 0 Å². The molecule has 0 unspecified atom stereocenters. The molecule has 0 atom stereocenters. The van der Waals surface area contributed by atoms with Crippen LogP contribution in [0.5, 0.6) is 0 Å². The Hall–Kier alpha value is -3.18. The van der Waals surface area contributed by atoms with Crippen LogP contribution in [0.15, 0.2) is 88.9 Å². The van der Waals surface area contributed by atoms with Crippen molar-refractivity contribution in [2.75, 3.05) is 11.5 Å². The van der Waals surface area contributed by atoms with Gasteiger partial charge < -0.3 is 9.64 Å². The van der Waals surface area contributed by atoms with Crippen molar-refractivity contribution in [3.05, 3.63) is 106 Å². The first-order valence-corrected chi connectivity index (χ1v) is 11.4. The SMILES string of the molecule is CCOC(=O)/C(=C/c1ccc(N(Cc2ccccc2Br)C(=O)c2ccccc2)cc1)CC. The minimum Gasteiger partial charge on any atom is -0.463 e. The highest BCUT2D eigenvalue weighted by Gasteiger charge is 2.19. The highest BCUT2D eigenvalue weighted by atomic mass is 79.9. The molecular weight excluding hydrogens is 466 g/mol. The fourth-order valence-corrected chi connectivity index (χ4v) is 3.70. The van der Waals surface area contributed by atoms with Gasteiger partial charge in [-0.3, -0.25) is 4.79 Å². The lowest BCUT2D eigenvalue weighted by molar-refractivity contribution is -0.138. The Bertz CT molecular complexity index is 1090. The van der Waals surface area contributed by atoms with Gasteiger partial charge in [-0.1, -0.05) is 71.4 Å². The Morgan fingerprint density at radius 3 is 2.19 bits per heavy atom. The number of carbonyl (C=O) groups is 2. The first kappa shape index (κ1) is 23.5. The summed E-state index contributed by atoms with van der Waals surface area (Å²) in [5.41, 5.74) is 3.91. The smallest absolute Gasteiger partial charge is 0.333 e. The lowest BCUT2D eigenvalue weighted by Crippen LogP contribution is -2.30. The molecule has 0 bridgehead atoms. The number of halogens is 1. The van der Waals surface area contributed by atoms with E-state index in [2.05, 4.69) is 15.9 Å². The van der Waals surface area contributed by atoms with Crippen LogP contribution < -0.4 is 4.90 Å². The first-order chi connectivity index (χ1) is 15.5. The summed E-state index contributed by atoms with van der Waals surface area (Å²) in [4.78, 5) is 27.2. The molecule has 4 nitrogen and oxygen atoms in total. The van der Waals surface area contributed by atoms with Crippen LogP contribution in [0.2, 0.25) is 0 Å². The molecule has 164 valence electrons. The van der Waals surface area contributed by atoms with E-state index in [4.69, 9.17) is 4.74 Å². The number of hydrogen-bond donors (Lipinski definition) is 0. The highest BCUT2D eigenvalue weighted by Crippen LogP contribution is 2.25. The van der Waals surface area contributed by atoms with Crippen molar-refractivity contribution in [3.63, 3.8) is 0 Å². The Balaban J connectivity index is 1.93. The van der Waals surface area contributed by atoms with Gasteiger partial charge >= 0.3 is 5.97 Å². The number of hydrogen-bond acceptors (Lipinski definition) is 3. The van der Waals surface area contributed by atoms with E-state index in [0.29, 0.717) is 30.7 Å². The zero-order chi connectivity index (χ0) is 22.9. The molecule has 0 radical (unpaired) electrons. The van der Waals surface area contributed by atoms with Crippen LogP contribution in [0.4, 0.5) is 5.69 Å². The van der Waals surface area contributed by atoms with Gasteiger partial charge in [0.15, 0.2) is 0 Å². The zero-order valence-corrected chi connectivity index (χ0v) is 19.8. The monoisotopic (exact) mass is 491 g/mol. The molecule has 0 spiro atoms. The average molecular weight is 492 g/mol. The Kier molecular flexibility index (Phi) is 8.40. The topological polar surface area (TPSA) is 46.6 Å². The van der Waals surface area contributed by atoms with E-state index < -0.39 is 0 Å². The molecule has 0 aliphatic rings. The number of anilines is 1. The predicted molar refractivity (Wildman–Crippen MR) is 132 cm³/mol. The molecule has 1 amide bonds. The number of rotatable bonds is 8. The number of ether oxygens (including phenoxy) is 1. The second kappa shape index (κ2) is 11.4. The van der Waals surface area contributed by atoms with Gasteiger partial charge in [0.25, 0.3) is 5.91 Å². The molecule has 0 aliphatic heterocycles. The summed E-state index contributed by atoms with van der Waals surface area (Å²) < 4.78 is 6.07. The van der Waals surface area contributed by atoms with Crippen molar-refractivity contribution in [3.8, 4) is 0 Å². The fourth-order valence-electron chi connectivity index (χ4n) is 3.29. The number of carbonyl (C=O) groups excluding carboxylic acids is 2. The third-order valence-electron chi connectivity index (χ3n) is 5.02. The average Bonchev–Trinajstić information content (AvgIpc) is 2.83. The van der Waals surface area contributed by atoms with E-state index >= 15 is 0 Å². The molecule has 0 aromatic heterocycles. The second-order valence-electron chi connectivity index (χ2n) is 7.18. The predicted octanol–water partition coefficient (Wildman–Crippen LogP) is 6.65. The summed E-state index contributed by atoms with van der Waals surface area (Å²) in [6.45, 7) is 4.49. The minimum atomic E-state index is -0.297. The van der Waals surface area contributed by atoms with Crippen LogP contribution in [0.1, 0.15) is 41.8 Å². The lowest BCUT2D eigenvalue weighted by Gasteiger charge is -2.24. The van der Waals surface area contributed by atoms with Crippen molar-refractivity contribution in [1.82, 2.24) is 0 Å². The van der Waals surface area contributed by atoms with Gasteiger partial charge in [-0.2, -0.15) is 0 Å². The van der Waals surface area contributed by atoms with Crippen molar-refractivity contribution >= 4 is 39.6 Å². The van der Waals surface area contributed by atoms with Gasteiger partial charge in [0.05, 0.1) is 13.2 Å². The van der Waals surface area contributed by atoms with Crippen LogP contribution in [0.25, 0.3) is 6.08 Å². The molecule has 3 aromatic carbocycles. The molecular formula is C27H26BrNO3. The van der Waals surface area contributed by atoms with E-state index in [1.807, 2.05) is 91.9 Å². The maximum Gasteiger partial charge on any atom is 0.333 e. The van der Waals surface area contributed by atoms with E-state index in [-0.39, 0.29) is 11.9 Å². The highest BCUT2D eigenvalue weighted by molar-refractivity contribution is 9.10. The largest absolute Gasteiger partial charge is 0.463 e. The second-order valence-corrected chi connectivity index (χ2v) is 8.04. The molecule has 0 saturated carbocycles. The first-order valence-electron chi connectivity index (χ1n) is 10.6. The van der Waals surface area contributed by atoms with E-state index in [1.165, 1.54) is 0 Å².